The molecule has 0 radical (unpaired) electrons. The van der Waals surface area contributed by atoms with Crippen LogP contribution < -0.4 is 15.8 Å². The zero-order chi connectivity index (χ0) is 31.0. The second kappa shape index (κ2) is 10.6. The van der Waals surface area contributed by atoms with Gasteiger partial charge < -0.3 is 15.8 Å². The number of fused-ring (bicyclic) bond motifs is 3. The molecule has 1 aliphatic carbocycles. The molecule has 2 saturated heterocycles. The van der Waals surface area contributed by atoms with Crippen LogP contribution in [-0.4, -0.2) is 63.5 Å². The summed E-state index contributed by atoms with van der Waals surface area (Å²) in [5, 5.41) is 2.60. The predicted octanol–water partition coefficient (Wildman–Crippen LogP) is 7.04. The quantitative estimate of drug-likeness (QED) is 0.219. The van der Waals surface area contributed by atoms with Crippen molar-refractivity contribution in [3.05, 3.63) is 35.4 Å². The average molecular weight is 641 g/mol. The third-order valence-corrected chi connectivity index (χ3v) is 9.83. The van der Waals surface area contributed by atoms with Crippen LogP contribution in [0.3, 0.4) is 0 Å². The number of benzene rings is 2. The van der Waals surface area contributed by atoms with Crippen LogP contribution in [0.1, 0.15) is 44.1 Å². The fourth-order valence-electron chi connectivity index (χ4n) is 6.96. The van der Waals surface area contributed by atoms with Gasteiger partial charge in [-0.05, 0) is 56.8 Å². The fraction of sp³-hybridized carbons (Fsp3) is 0.483. The Morgan fingerprint density at radius 2 is 1.91 bits per heavy atom. The Balaban J connectivity index is 1.40. The number of ether oxygens (including phenoxy) is 1. The van der Waals surface area contributed by atoms with Crippen molar-refractivity contribution in [1.29, 1.82) is 0 Å². The number of anilines is 2. The number of thiazole rings is 1. The number of rotatable bonds is 6. The number of hydrogen-bond donors (Lipinski definition) is 2. The molecule has 7 rings (SSSR count). The summed E-state index contributed by atoms with van der Waals surface area (Å²) in [5.74, 6) is -2.25. The maximum Gasteiger partial charge on any atom is 0.417 e. The Morgan fingerprint density at radius 3 is 2.66 bits per heavy atom. The lowest BCUT2D eigenvalue weighted by atomic mass is 9.95. The Hall–Kier alpha value is -3.46. The van der Waals surface area contributed by atoms with Crippen LogP contribution in [0.4, 0.5) is 41.7 Å². The van der Waals surface area contributed by atoms with Crippen molar-refractivity contribution in [2.45, 2.75) is 68.6 Å². The molecule has 2 aromatic carbocycles. The van der Waals surface area contributed by atoms with E-state index in [-0.39, 0.29) is 70.5 Å². The van der Waals surface area contributed by atoms with Gasteiger partial charge in [0.25, 0.3) is 0 Å². The van der Waals surface area contributed by atoms with Crippen molar-refractivity contribution >= 4 is 43.4 Å². The summed E-state index contributed by atoms with van der Waals surface area (Å²) in [6.07, 6.45) is -4.65. The van der Waals surface area contributed by atoms with E-state index in [1.54, 1.807) is 0 Å². The summed E-state index contributed by atoms with van der Waals surface area (Å²) >= 11 is 0.730. The van der Waals surface area contributed by atoms with Crippen LogP contribution >= 0.6 is 11.3 Å². The van der Waals surface area contributed by atoms with Gasteiger partial charge in [-0.1, -0.05) is 11.3 Å². The van der Waals surface area contributed by atoms with Crippen molar-refractivity contribution in [2.75, 3.05) is 30.7 Å². The summed E-state index contributed by atoms with van der Waals surface area (Å²) in [4.78, 5) is 14.5. The number of alkyl halides is 5. The third-order valence-electron chi connectivity index (χ3n) is 8.94. The van der Waals surface area contributed by atoms with E-state index < -0.39 is 58.4 Å². The van der Waals surface area contributed by atoms with E-state index >= 15 is 4.39 Å². The molecule has 0 amide bonds. The van der Waals surface area contributed by atoms with Gasteiger partial charge in [0.2, 0.25) is 0 Å². The summed E-state index contributed by atoms with van der Waals surface area (Å²) in [6, 6.07) is 1.91. The minimum atomic E-state index is -5.05. The standard InChI is InChI=1S/C29H27F7N6OS/c30-13-2-3-15(8-13)38-25-17-9-18(29(34,35)36)20(16-4-5-19(32)24-23(16)39-26(37)44-24)21(33)22(17)40-27(41-25)43-12-28-6-1-7-42(28)11-14(31)10-28/h4-5,9,13-15H,1-3,6-8,10-12H2,(H2,37,39)(H,38,40,41)/t13-,14-,15+,28+/m1/s1. The lowest BCUT2D eigenvalue weighted by Gasteiger charge is -2.30. The van der Waals surface area contributed by atoms with Gasteiger partial charge >= 0.3 is 12.2 Å². The first-order chi connectivity index (χ1) is 20.9. The van der Waals surface area contributed by atoms with Crippen molar-refractivity contribution in [3.63, 3.8) is 0 Å². The van der Waals surface area contributed by atoms with E-state index in [0.29, 0.717) is 19.4 Å². The van der Waals surface area contributed by atoms with Gasteiger partial charge in [-0.3, -0.25) is 4.90 Å². The van der Waals surface area contributed by atoms with Crippen LogP contribution in [0, 0.1) is 11.6 Å². The molecule has 0 spiro atoms. The number of aromatic nitrogens is 3. The summed E-state index contributed by atoms with van der Waals surface area (Å²) in [7, 11) is 0. The van der Waals surface area contributed by atoms with Gasteiger partial charge in [-0.15, -0.1) is 0 Å². The van der Waals surface area contributed by atoms with E-state index in [0.717, 1.165) is 36.0 Å². The zero-order valence-electron chi connectivity index (χ0n) is 23.2. The molecule has 7 nitrogen and oxygen atoms in total. The average Bonchev–Trinajstić information content (AvgIpc) is 3.71. The Morgan fingerprint density at radius 1 is 1.09 bits per heavy atom. The minimum absolute atomic E-state index is 0.000144. The van der Waals surface area contributed by atoms with Gasteiger partial charge in [0.1, 0.15) is 36.1 Å². The molecule has 44 heavy (non-hydrogen) atoms. The normalized spacial score (nSPS) is 25.8. The van der Waals surface area contributed by atoms with E-state index in [2.05, 4.69) is 20.3 Å². The van der Waals surface area contributed by atoms with Gasteiger partial charge in [0.05, 0.1) is 21.3 Å². The smallest absolute Gasteiger partial charge is 0.417 e. The molecule has 4 heterocycles. The number of nitrogens with zero attached hydrogens (tertiary/aromatic N) is 4. The summed E-state index contributed by atoms with van der Waals surface area (Å²) in [6.45, 7) is 0.971. The largest absolute Gasteiger partial charge is 0.461 e. The topological polar surface area (TPSA) is 89.2 Å². The fourth-order valence-corrected chi connectivity index (χ4v) is 7.72. The van der Waals surface area contributed by atoms with Crippen molar-refractivity contribution in [3.8, 4) is 17.1 Å². The van der Waals surface area contributed by atoms with Crippen molar-refractivity contribution in [1.82, 2.24) is 19.9 Å². The summed E-state index contributed by atoms with van der Waals surface area (Å²) < 4.78 is 109. The molecule has 4 aromatic rings. The lowest BCUT2D eigenvalue weighted by Crippen LogP contribution is -2.43. The highest BCUT2D eigenvalue weighted by Crippen LogP contribution is 2.46. The first kappa shape index (κ1) is 29.3. The highest BCUT2D eigenvalue weighted by atomic mass is 32.1. The van der Waals surface area contributed by atoms with Crippen LogP contribution in [-0.2, 0) is 6.18 Å². The molecule has 234 valence electrons. The number of nitrogen functional groups attached to an aromatic ring is 1. The molecule has 3 N–H and O–H groups in total. The second-order valence-corrected chi connectivity index (χ2v) is 12.8. The first-order valence-electron chi connectivity index (χ1n) is 14.3. The number of hydrogen-bond acceptors (Lipinski definition) is 8. The first-order valence-corrected chi connectivity index (χ1v) is 15.1. The Bertz CT molecular complexity index is 1770. The monoisotopic (exact) mass is 640 g/mol. The van der Waals surface area contributed by atoms with Crippen LogP contribution in [0.2, 0.25) is 0 Å². The van der Waals surface area contributed by atoms with Gasteiger partial charge in [-0.25, -0.2) is 22.5 Å². The van der Waals surface area contributed by atoms with Crippen LogP contribution in [0.25, 0.3) is 32.2 Å². The highest BCUT2D eigenvalue weighted by Gasteiger charge is 2.49. The SMILES string of the molecule is Nc1nc2c(-c3c(C(F)(F)F)cc4c(N[C@H]5CC[C@@H](F)C5)nc(OC[C@@]56CCCN5C[C@H](F)C6)nc4c3F)ccc(F)c2s1. The maximum absolute atomic E-state index is 16.6. The van der Waals surface area contributed by atoms with Crippen molar-refractivity contribution < 1.29 is 35.5 Å². The van der Waals surface area contributed by atoms with Gasteiger partial charge in [0.15, 0.2) is 10.9 Å². The molecule has 3 fully saturated rings. The molecule has 3 aliphatic rings. The molecular formula is C29H27F7N6OS. The molecule has 1 saturated carbocycles. The number of nitrogens with one attached hydrogen (secondary N) is 1. The van der Waals surface area contributed by atoms with Gasteiger partial charge in [-0.2, -0.15) is 23.1 Å². The molecular weight excluding hydrogens is 613 g/mol. The molecule has 0 unspecified atom stereocenters. The van der Waals surface area contributed by atoms with E-state index in [1.807, 2.05) is 4.90 Å². The maximum atomic E-state index is 16.6. The number of halogens is 7. The predicted molar refractivity (Wildman–Crippen MR) is 152 cm³/mol. The summed E-state index contributed by atoms with van der Waals surface area (Å²) in [5.41, 5.74) is 1.91. The van der Waals surface area contributed by atoms with E-state index in [9.17, 15) is 26.3 Å². The van der Waals surface area contributed by atoms with Crippen LogP contribution in [0.5, 0.6) is 6.01 Å². The van der Waals surface area contributed by atoms with Gasteiger partial charge in [0, 0.05) is 35.5 Å². The third kappa shape index (κ3) is 4.97. The molecule has 15 heteroatoms. The lowest BCUT2D eigenvalue weighted by molar-refractivity contribution is -0.137. The Kier molecular flexibility index (Phi) is 7.03. The highest BCUT2D eigenvalue weighted by molar-refractivity contribution is 7.22. The minimum Gasteiger partial charge on any atom is -0.461 e. The molecule has 4 atom stereocenters. The van der Waals surface area contributed by atoms with E-state index in [1.165, 1.54) is 0 Å². The van der Waals surface area contributed by atoms with Crippen LogP contribution in [0.15, 0.2) is 18.2 Å². The van der Waals surface area contributed by atoms with Crippen molar-refractivity contribution in [2.24, 2.45) is 0 Å². The molecule has 2 aromatic heterocycles. The number of nitrogens with two attached hydrogens (primary N) is 1. The second-order valence-electron chi connectivity index (χ2n) is 11.8. The van der Waals surface area contributed by atoms with E-state index in [4.69, 9.17) is 10.5 Å². The Labute approximate surface area is 250 Å². The zero-order valence-corrected chi connectivity index (χ0v) is 24.0. The molecule has 2 aliphatic heterocycles. The molecule has 0 bridgehead atoms.